The van der Waals surface area contributed by atoms with Crippen LogP contribution in [0.4, 0.5) is 13.2 Å². The molecule has 0 saturated heterocycles. The lowest BCUT2D eigenvalue weighted by Crippen LogP contribution is -2.19. The van der Waals surface area contributed by atoms with Crippen molar-refractivity contribution < 1.29 is 27.2 Å². The predicted molar refractivity (Wildman–Crippen MR) is 56.6 cm³/mol. The van der Waals surface area contributed by atoms with Gasteiger partial charge in [0, 0.05) is 6.07 Å². The maximum atomic E-state index is 13.0. The summed E-state index contributed by atoms with van der Waals surface area (Å²) in [4.78, 5) is 11.5. The van der Waals surface area contributed by atoms with Gasteiger partial charge >= 0.3 is 12.1 Å². The van der Waals surface area contributed by atoms with E-state index in [0.29, 0.717) is 4.68 Å². The highest BCUT2D eigenvalue weighted by Gasteiger charge is 2.42. The molecule has 0 radical (unpaired) electrons. The molecule has 0 amide bonds. The molecule has 2 heterocycles. The number of hydrogen-bond donors (Lipinski definition) is 0. The Morgan fingerprint density at radius 3 is 2.80 bits per heavy atom. The first-order valence-corrected chi connectivity index (χ1v) is 5.50. The van der Waals surface area contributed by atoms with E-state index in [9.17, 15) is 18.0 Å². The maximum Gasteiger partial charge on any atom is 0.435 e. The molecular weight excluding hydrogens is 281 g/mol. The molecule has 108 valence electrons. The van der Waals surface area contributed by atoms with Gasteiger partial charge in [-0.25, -0.2) is 9.48 Å². The van der Waals surface area contributed by atoms with E-state index in [0.717, 1.165) is 0 Å². The zero-order valence-electron chi connectivity index (χ0n) is 10.2. The predicted octanol–water partition coefficient (Wildman–Crippen LogP) is 1.51. The number of carbonyl (C=O) groups is 1. The second-order valence-corrected chi connectivity index (χ2v) is 3.64. The molecule has 7 nitrogen and oxygen atoms in total. The van der Waals surface area contributed by atoms with Crippen LogP contribution in [0.25, 0.3) is 0 Å². The number of ether oxygens (including phenoxy) is 1. The fourth-order valence-electron chi connectivity index (χ4n) is 1.51. The van der Waals surface area contributed by atoms with Gasteiger partial charge in [0.25, 0.3) is 0 Å². The lowest BCUT2D eigenvalue weighted by molar-refractivity contribution is -0.144. The van der Waals surface area contributed by atoms with Crippen LogP contribution in [0.2, 0.25) is 0 Å². The minimum atomic E-state index is -4.80. The van der Waals surface area contributed by atoms with Crippen LogP contribution in [0.15, 0.2) is 16.8 Å². The van der Waals surface area contributed by atoms with Gasteiger partial charge in [-0.15, -0.1) is 5.10 Å². The van der Waals surface area contributed by atoms with E-state index in [1.807, 2.05) is 0 Å². The van der Waals surface area contributed by atoms with Crippen LogP contribution in [-0.4, -0.2) is 32.7 Å². The highest BCUT2D eigenvalue weighted by Crippen LogP contribution is 2.31. The summed E-state index contributed by atoms with van der Waals surface area (Å²) in [6.07, 6.45) is -3.52. The average Bonchev–Trinajstić information content (AvgIpc) is 2.98. The highest BCUT2D eigenvalue weighted by atomic mass is 19.4. The monoisotopic (exact) mass is 290 g/mol. The maximum absolute atomic E-state index is 13.0. The fourth-order valence-corrected chi connectivity index (χ4v) is 1.51. The number of alkyl halides is 3. The lowest BCUT2D eigenvalue weighted by atomic mass is 10.3. The van der Waals surface area contributed by atoms with Crippen molar-refractivity contribution in [2.45, 2.75) is 19.6 Å². The molecule has 0 aliphatic rings. The van der Waals surface area contributed by atoms with Crippen molar-refractivity contribution in [3.8, 4) is 0 Å². The summed E-state index contributed by atoms with van der Waals surface area (Å²) >= 11 is 0. The fraction of sp³-hybridized carbons (Fsp3) is 0.400. The number of aromatic nitrogens is 4. The zero-order valence-corrected chi connectivity index (χ0v) is 10.2. The molecule has 0 unspecified atom stereocenters. The summed E-state index contributed by atoms with van der Waals surface area (Å²) in [6, 6.07) is 1.38. The Bertz CT molecular complexity index is 591. The number of nitrogens with zero attached hydrogens (tertiary/aromatic N) is 4. The SMILES string of the molecule is CCOC(=O)c1nnn(Cc2ccno2)c1C(F)(F)F. The van der Waals surface area contributed by atoms with Gasteiger partial charge < -0.3 is 9.26 Å². The molecule has 0 aromatic carbocycles. The average molecular weight is 290 g/mol. The van der Waals surface area contributed by atoms with Gasteiger partial charge in [0.05, 0.1) is 12.8 Å². The van der Waals surface area contributed by atoms with Crippen molar-refractivity contribution in [2.24, 2.45) is 0 Å². The molecule has 0 N–H and O–H groups in total. The molecule has 10 heteroatoms. The summed E-state index contributed by atoms with van der Waals surface area (Å²) in [5.74, 6) is -1.03. The molecule has 0 saturated carbocycles. The van der Waals surface area contributed by atoms with Crippen LogP contribution in [0.3, 0.4) is 0 Å². The van der Waals surface area contributed by atoms with Gasteiger partial charge in [-0.05, 0) is 6.92 Å². The Kier molecular flexibility index (Phi) is 3.72. The van der Waals surface area contributed by atoms with E-state index in [4.69, 9.17) is 4.52 Å². The standard InChI is InChI=1S/C10H9F3N4O3/c1-2-19-9(18)7-8(10(11,12)13)17(16-15-7)5-6-3-4-14-20-6/h3-4H,2,5H2,1H3. The molecule has 20 heavy (non-hydrogen) atoms. The normalized spacial score (nSPS) is 11.6. The van der Waals surface area contributed by atoms with Gasteiger partial charge in [-0.1, -0.05) is 10.4 Å². The van der Waals surface area contributed by atoms with Crippen molar-refractivity contribution in [3.63, 3.8) is 0 Å². The second kappa shape index (κ2) is 5.31. The molecule has 0 fully saturated rings. The van der Waals surface area contributed by atoms with Crippen LogP contribution in [-0.2, 0) is 17.5 Å². The first-order valence-electron chi connectivity index (χ1n) is 5.50. The third kappa shape index (κ3) is 2.78. The molecule has 0 aliphatic heterocycles. The first-order chi connectivity index (χ1) is 9.43. The van der Waals surface area contributed by atoms with Gasteiger partial charge in [-0.3, -0.25) is 0 Å². The molecule has 0 spiro atoms. The van der Waals surface area contributed by atoms with Gasteiger partial charge in [0.2, 0.25) is 5.69 Å². The molecule has 2 rings (SSSR count). The molecule has 0 aliphatic carbocycles. The first kappa shape index (κ1) is 14.0. The van der Waals surface area contributed by atoms with Crippen LogP contribution in [0.5, 0.6) is 0 Å². The van der Waals surface area contributed by atoms with E-state index >= 15 is 0 Å². The lowest BCUT2D eigenvalue weighted by Gasteiger charge is -2.09. The Hall–Kier alpha value is -2.39. The van der Waals surface area contributed by atoms with E-state index < -0.39 is 23.5 Å². The van der Waals surface area contributed by atoms with E-state index in [1.165, 1.54) is 19.2 Å². The van der Waals surface area contributed by atoms with Crippen molar-refractivity contribution in [1.82, 2.24) is 20.2 Å². The largest absolute Gasteiger partial charge is 0.461 e. The minimum absolute atomic E-state index is 0.0644. The minimum Gasteiger partial charge on any atom is -0.461 e. The van der Waals surface area contributed by atoms with Crippen LogP contribution < -0.4 is 0 Å². The summed E-state index contributed by atoms with van der Waals surface area (Å²) in [5.41, 5.74) is -2.16. The summed E-state index contributed by atoms with van der Waals surface area (Å²) in [6.45, 7) is 1.07. The summed E-state index contributed by atoms with van der Waals surface area (Å²) < 4.78 is 48.8. The topological polar surface area (TPSA) is 83.0 Å². The molecule has 0 bridgehead atoms. The van der Waals surface area contributed by atoms with E-state index in [-0.39, 0.29) is 18.9 Å². The third-order valence-electron chi connectivity index (χ3n) is 2.27. The molecule has 0 atom stereocenters. The second-order valence-electron chi connectivity index (χ2n) is 3.64. The van der Waals surface area contributed by atoms with Crippen LogP contribution in [0.1, 0.15) is 28.9 Å². The van der Waals surface area contributed by atoms with Crippen molar-refractivity contribution in [3.05, 3.63) is 29.4 Å². The smallest absolute Gasteiger partial charge is 0.435 e. The Morgan fingerprint density at radius 2 is 2.25 bits per heavy atom. The van der Waals surface area contributed by atoms with Gasteiger partial charge in [-0.2, -0.15) is 13.2 Å². The van der Waals surface area contributed by atoms with E-state index in [1.54, 1.807) is 0 Å². The molecular formula is C10H9F3N4O3. The quantitative estimate of drug-likeness (QED) is 0.794. The molecule has 2 aromatic heterocycles. The van der Waals surface area contributed by atoms with Gasteiger partial charge in [0.1, 0.15) is 6.54 Å². The van der Waals surface area contributed by atoms with E-state index in [2.05, 4.69) is 20.2 Å². The number of halogens is 3. The Labute approximate surface area is 110 Å². The van der Waals surface area contributed by atoms with Gasteiger partial charge in [0.15, 0.2) is 11.5 Å². The number of rotatable bonds is 4. The van der Waals surface area contributed by atoms with Crippen molar-refractivity contribution in [1.29, 1.82) is 0 Å². The number of carbonyl (C=O) groups excluding carboxylic acids is 1. The number of esters is 1. The number of hydrogen-bond acceptors (Lipinski definition) is 6. The Balaban J connectivity index is 2.40. The summed E-state index contributed by atoms with van der Waals surface area (Å²) in [7, 11) is 0. The highest BCUT2D eigenvalue weighted by molar-refractivity contribution is 5.88. The molecule has 2 aromatic rings. The zero-order chi connectivity index (χ0) is 14.8. The summed E-state index contributed by atoms with van der Waals surface area (Å²) in [5, 5.41) is 9.93. The Morgan fingerprint density at radius 1 is 1.50 bits per heavy atom. The van der Waals surface area contributed by atoms with Crippen molar-refractivity contribution in [2.75, 3.05) is 6.61 Å². The van der Waals surface area contributed by atoms with Crippen LogP contribution >= 0.6 is 0 Å². The third-order valence-corrected chi connectivity index (χ3v) is 2.27. The van der Waals surface area contributed by atoms with Crippen LogP contribution in [0, 0.1) is 0 Å². The van der Waals surface area contributed by atoms with Crippen molar-refractivity contribution >= 4 is 5.97 Å².